The van der Waals surface area contributed by atoms with Gasteiger partial charge in [-0.25, -0.2) is 13.2 Å². The third-order valence-corrected chi connectivity index (χ3v) is 8.23. The van der Waals surface area contributed by atoms with Gasteiger partial charge in [0.1, 0.15) is 5.76 Å². The van der Waals surface area contributed by atoms with E-state index in [1.807, 2.05) is 0 Å². The Hall–Kier alpha value is -3.87. The molecule has 1 aliphatic rings. The Balaban J connectivity index is 1.86. The molecule has 2 atom stereocenters. The van der Waals surface area contributed by atoms with Crippen molar-refractivity contribution in [3.63, 3.8) is 0 Å². The molecule has 0 saturated carbocycles. The zero-order chi connectivity index (χ0) is 27.9. The summed E-state index contributed by atoms with van der Waals surface area (Å²) in [5, 5.41) is 5.65. The van der Waals surface area contributed by atoms with Crippen LogP contribution in [0.4, 0.5) is 5.69 Å². The standard InChI is InChI=1S/C26H30N2O9S/c1-33-19-12-13-26(37-5,38(31,32)20-10-11-21(34-2)22(15-20)35-3)23(14-19)27-16-24(29)28-18-8-6-17(7-9-18)25(30)36-4/h6-15,23,27H,16H2,1-5H3,(H,28,29). The second-order valence-electron chi connectivity index (χ2n) is 8.03. The Morgan fingerprint density at radius 2 is 1.61 bits per heavy atom. The molecule has 11 nitrogen and oxygen atoms in total. The molecule has 1 aliphatic carbocycles. The molecule has 2 aromatic carbocycles. The molecule has 0 aromatic heterocycles. The quantitative estimate of drug-likeness (QED) is 0.404. The fourth-order valence-electron chi connectivity index (χ4n) is 3.92. The van der Waals surface area contributed by atoms with Crippen molar-refractivity contribution in [2.45, 2.75) is 15.9 Å². The number of allylic oxidation sites excluding steroid dienone is 1. The molecule has 0 aliphatic heterocycles. The van der Waals surface area contributed by atoms with Crippen molar-refractivity contribution in [3.8, 4) is 11.5 Å². The predicted molar refractivity (Wildman–Crippen MR) is 139 cm³/mol. The molecular formula is C26H30N2O9S. The molecular weight excluding hydrogens is 516 g/mol. The summed E-state index contributed by atoms with van der Waals surface area (Å²) in [6.07, 6.45) is 4.39. The third-order valence-electron chi connectivity index (χ3n) is 5.96. The first kappa shape index (κ1) is 28.7. The van der Waals surface area contributed by atoms with Crippen LogP contribution >= 0.6 is 0 Å². The minimum atomic E-state index is -4.22. The van der Waals surface area contributed by atoms with Crippen molar-refractivity contribution in [2.24, 2.45) is 0 Å². The van der Waals surface area contributed by atoms with Gasteiger partial charge in [-0.1, -0.05) is 0 Å². The second kappa shape index (κ2) is 12.1. The van der Waals surface area contributed by atoms with E-state index in [9.17, 15) is 18.0 Å². The van der Waals surface area contributed by atoms with Crippen LogP contribution in [0.25, 0.3) is 0 Å². The summed E-state index contributed by atoms with van der Waals surface area (Å²) in [6, 6.07) is 9.34. The van der Waals surface area contributed by atoms with Gasteiger partial charge in [0.2, 0.25) is 20.7 Å². The van der Waals surface area contributed by atoms with Crippen LogP contribution in [0, 0.1) is 0 Å². The van der Waals surface area contributed by atoms with Crippen molar-refractivity contribution in [2.75, 3.05) is 47.4 Å². The van der Waals surface area contributed by atoms with E-state index in [0.29, 0.717) is 22.8 Å². The molecule has 2 aromatic rings. The lowest BCUT2D eigenvalue weighted by molar-refractivity contribution is -0.115. The largest absolute Gasteiger partial charge is 0.497 e. The van der Waals surface area contributed by atoms with Gasteiger partial charge in [-0.05, 0) is 54.6 Å². The van der Waals surface area contributed by atoms with Crippen LogP contribution in [0.3, 0.4) is 0 Å². The lowest BCUT2D eigenvalue weighted by Gasteiger charge is -2.37. The summed E-state index contributed by atoms with van der Waals surface area (Å²) in [7, 11) is 2.62. The number of hydrogen-bond donors (Lipinski definition) is 2. The van der Waals surface area contributed by atoms with Crippen LogP contribution in [-0.4, -0.2) is 73.4 Å². The number of carbonyl (C=O) groups excluding carboxylic acids is 2. The number of sulfone groups is 1. The van der Waals surface area contributed by atoms with Gasteiger partial charge in [0, 0.05) is 18.9 Å². The fraction of sp³-hybridized carbons (Fsp3) is 0.308. The lowest BCUT2D eigenvalue weighted by atomic mass is 10.0. The van der Waals surface area contributed by atoms with Gasteiger partial charge in [-0.2, -0.15) is 0 Å². The lowest BCUT2D eigenvalue weighted by Crippen LogP contribution is -2.57. The predicted octanol–water partition coefficient (Wildman–Crippen LogP) is 2.30. The highest BCUT2D eigenvalue weighted by molar-refractivity contribution is 7.93. The highest BCUT2D eigenvalue weighted by Crippen LogP contribution is 2.38. The van der Waals surface area contributed by atoms with Crippen LogP contribution in [0.15, 0.2) is 71.3 Å². The van der Waals surface area contributed by atoms with E-state index in [2.05, 4.69) is 15.4 Å². The first-order valence-electron chi connectivity index (χ1n) is 11.3. The average molecular weight is 547 g/mol. The van der Waals surface area contributed by atoms with E-state index in [1.165, 1.54) is 84.1 Å². The van der Waals surface area contributed by atoms with Gasteiger partial charge < -0.3 is 29.0 Å². The van der Waals surface area contributed by atoms with Gasteiger partial charge in [0.05, 0.1) is 51.5 Å². The summed E-state index contributed by atoms with van der Waals surface area (Å²) in [5.74, 6) is 0.0319. The minimum absolute atomic E-state index is 0.0714. The second-order valence-corrected chi connectivity index (χ2v) is 10.1. The van der Waals surface area contributed by atoms with Crippen LogP contribution in [-0.2, 0) is 28.8 Å². The van der Waals surface area contributed by atoms with E-state index in [0.717, 1.165) is 0 Å². The number of ether oxygens (including phenoxy) is 5. The first-order chi connectivity index (χ1) is 18.1. The van der Waals surface area contributed by atoms with E-state index < -0.39 is 32.7 Å². The molecule has 0 heterocycles. The number of benzene rings is 2. The number of methoxy groups -OCH3 is 5. The van der Waals surface area contributed by atoms with Gasteiger partial charge >= 0.3 is 5.97 Å². The summed E-state index contributed by atoms with van der Waals surface area (Å²) in [6.45, 7) is -0.267. The van der Waals surface area contributed by atoms with Crippen LogP contribution < -0.4 is 20.1 Å². The molecule has 0 saturated heterocycles. The molecule has 12 heteroatoms. The van der Waals surface area contributed by atoms with Crippen molar-refractivity contribution < 1.29 is 41.7 Å². The zero-order valence-electron chi connectivity index (χ0n) is 21.6. The number of rotatable bonds is 11. The van der Waals surface area contributed by atoms with Gasteiger partial charge in [0.25, 0.3) is 0 Å². The molecule has 38 heavy (non-hydrogen) atoms. The molecule has 2 N–H and O–H groups in total. The molecule has 0 spiro atoms. The minimum Gasteiger partial charge on any atom is -0.497 e. The molecule has 0 bridgehead atoms. The number of esters is 1. The van der Waals surface area contributed by atoms with Crippen molar-refractivity contribution in [1.29, 1.82) is 0 Å². The Morgan fingerprint density at radius 1 is 0.921 bits per heavy atom. The highest BCUT2D eigenvalue weighted by Gasteiger charge is 2.51. The molecule has 0 fully saturated rings. The number of nitrogens with one attached hydrogen (secondary N) is 2. The maximum Gasteiger partial charge on any atom is 0.337 e. The topological polar surface area (TPSA) is 138 Å². The number of hydrogen-bond acceptors (Lipinski definition) is 10. The maximum atomic E-state index is 13.9. The van der Waals surface area contributed by atoms with E-state index in [1.54, 1.807) is 12.1 Å². The van der Waals surface area contributed by atoms with Crippen molar-refractivity contribution >= 4 is 27.4 Å². The van der Waals surface area contributed by atoms with E-state index in [-0.39, 0.29) is 17.2 Å². The SMILES string of the molecule is COC(=O)c1ccc(NC(=O)CNC2C=C(OC)C=CC2(OC)S(=O)(=O)c2ccc(OC)c(OC)c2)cc1. The van der Waals surface area contributed by atoms with Gasteiger partial charge in [-0.3, -0.25) is 10.1 Å². The average Bonchev–Trinajstić information content (AvgIpc) is 2.95. The zero-order valence-corrected chi connectivity index (χ0v) is 22.5. The monoisotopic (exact) mass is 546 g/mol. The third kappa shape index (κ3) is 5.67. The highest BCUT2D eigenvalue weighted by atomic mass is 32.2. The molecule has 3 rings (SSSR count). The number of carbonyl (C=O) groups is 2. The number of amides is 1. The molecule has 0 radical (unpaired) electrons. The van der Waals surface area contributed by atoms with Gasteiger partial charge in [0.15, 0.2) is 11.5 Å². The van der Waals surface area contributed by atoms with Crippen LogP contribution in [0.5, 0.6) is 11.5 Å². The number of anilines is 1. The Labute approximate surface area is 221 Å². The fourth-order valence-corrected chi connectivity index (χ4v) is 5.75. The van der Waals surface area contributed by atoms with E-state index in [4.69, 9.17) is 18.9 Å². The maximum absolute atomic E-state index is 13.9. The Morgan fingerprint density at radius 3 is 2.18 bits per heavy atom. The molecule has 2 unspecified atom stereocenters. The Kier molecular flexibility index (Phi) is 9.15. The van der Waals surface area contributed by atoms with E-state index >= 15 is 0 Å². The molecule has 1 amide bonds. The van der Waals surface area contributed by atoms with Crippen LogP contribution in [0.2, 0.25) is 0 Å². The summed E-state index contributed by atoms with van der Waals surface area (Å²) >= 11 is 0. The summed E-state index contributed by atoms with van der Waals surface area (Å²) in [5.41, 5.74) is 0.775. The summed E-state index contributed by atoms with van der Waals surface area (Å²) < 4.78 is 54.0. The van der Waals surface area contributed by atoms with Gasteiger partial charge in [-0.15, -0.1) is 0 Å². The normalized spacial score (nSPS) is 18.8. The van der Waals surface area contributed by atoms with Crippen molar-refractivity contribution in [1.82, 2.24) is 5.32 Å². The van der Waals surface area contributed by atoms with Crippen molar-refractivity contribution in [3.05, 3.63) is 72.0 Å². The van der Waals surface area contributed by atoms with Crippen LogP contribution in [0.1, 0.15) is 10.4 Å². The Bertz CT molecular complexity index is 1340. The smallest absolute Gasteiger partial charge is 0.337 e. The first-order valence-corrected chi connectivity index (χ1v) is 12.8. The summed E-state index contributed by atoms with van der Waals surface area (Å²) in [4.78, 5) is 22.3. The molecule has 204 valence electrons.